The number of hydrogen-bond donors (Lipinski definition) is 10. The van der Waals surface area contributed by atoms with Crippen LogP contribution in [0.3, 0.4) is 0 Å². The summed E-state index contributed by atoms with van der Waals surface area (Å²) in [5.74, 6) is -1.32. The molecule has 0 saturated carbocycles. The molecule has 46 heavy (non-hydrogen) atoms. The maximum absolute atomic E-state index is 10.7. The number of hydrogen-bond acceptors (Lipinski definition) is 16. The Labute approximate surface area is 260 Å². The van der Waals surface area contributed by atoms with E-state index in [-0.39, 0.29) is 56.8 Å². The van der Waals surface area contributed by atoms with Gasteiger partial charge in [-0.3, -0.25) is 0 Å². The lowest BCUT2D eigenvalue weighted by Gasteiger charge is -2.39. The fourth-order valence-electron chi connectivity index (χ4n) is 5.16. The van der Waals surface area contributed by atoms with Crippen LogP contribution < -0.4 is 18.9 Å². The molecule has 5 rings (SSSR count). The molecule has 3 heterocycles. The van der Waals surface area contributed by atoms with Crippen molar-refractivity contribution in [1.82, 2.24) is 0 Å². The smallest absolute Gasteiger partial charge is 0.402 e. The first-order valence-electron chi connectivity index (χ1n) is 14.0. The Bertz CT molecular complexity index is 1500. The molecule has 0 spiro atoms. The molecule has 2 aliphatic rings. The summed E-state index contributed by atoms with van der Waals surface area (Å²) in [7, 11) is 2.59. The minimum absolute atomic E-state index is 0.0361. The second-order valence-electron chi connectivity index (χ2n) is 10.7. The Morgan fingerprint density at radius 1 is 0.630 bits per heavy atom. The van der Waals surface area contributed by atoms with Gasteiger partial charge in [0.2, 0.25) is 24.1 Å². The third-order valence-electron chi connectivity index (χ3n) is 7.73. The number of aliphatic hydroxyl groups is 8. The van der Waals surface area contributed by atoms with E-state index < -0.39 is 74.6 Å². The molecule has 10 N–H and O–H groups in total. The van der Waals surface area contributed by atoms with E-state index in [0.717, 1.165) is 6.07 Å². The fraction of sp³-hybridized carbons (Fsp3) is 0.483. The lowest BCUT2D eigenvalue weighted by molar-refractivity contribution is -0.277. The highest BCUT2D eigenvalue weighted by atomic mass is 16.7. The van der Waals surface area contributed by atoms with E-state index in [0.29, 0.717) is 0 Å². The summed E-state index contributed by atoms with van der Waals surface area (Å²) in [6, 6.07) is 6.34. The van der Waals surface area contributed by atoms with Crippen molar-refractivity contribution in [2.24, 2.45) is 0 Å². The Balaban J connectivity index is 1.65. The van der Waals surface area contributed by atoms with Gasteiger partial charge in [0, 0.05) is 24.3 Å². The van der Waals surface area contributed by atoms with Crippen LogP contribution >= 0.6 is 0 Å². The molecule has 17 nitrogen and oxygen atoms in total. The summed E-state index contributed by atoms with van der Waals surface area (Å²) in [6.07, 6.45) is -16.5. The molecule has 10 unspecified atom stereocenters. The SMILES string of the molecule is COc1cc(-c2[o+]c3cc(O)cc(OC4OC(CO)C(O)C(O)C4O)c3cc2OC2OC(CO)C(O)C(O)C2O)cc(OC)c1O. The zero-order valence-electron chi connectivity index (χ0n) is 24.4. The van der Waals surface area contributed by atoms with Crippen molar-refractivity contribution in [2.45, 2.75) is 61.4 Å². The van der Waals surface area contributed by atoms with E-state index in [1.807, 2.05) is 0 Å². The van der Waals surface area contributed by atoms with Crippen LogP contribution in [0.25, 0.3) is 22.3 Å². The van der Waals surface area contributed by atoms with Crippen molar-refractivity contribution >= 4 is 11.0 Å². The van der Waals surface area contributed by atoms with Gasteiger partial charge in [0.25, 0.3) is 0 Å². The lowest BCUT2D eigenvalue weighted by atomic mass is 9.99. The maximum atomic E-state index is 10.7. The number of fused-ring (bicyclic) bond motifs is 1. The van der Waals surface area contributed by atoms with Crippen LogP contribution in [0.5, 0.6) is 34.5 Å². The number of rotatable bonds is 9. The molecule has 2 fully saturated rings. The van der Waals surface area contributed by atoms with Crippen LogP contribution in [0.4, 0.5) is 0 Å². The van der Waals surface area contributed by atoms with Gasteiger partial charge in [0.15, 0.2) is 11.5 Å². The first-order valence-corrected chi connectivity index (χ1v) is 14.0. The van der Waals surface area contributed by atoms with Crippen molar-refractivity contribution < 1.29 is 83.9 Å². The van der Waals surface area contributed by atoms with Crippen molar-refractivity contribution in [3.63, 3.8) is 0 Å². The average molecular weight is 656 g/mol. The molecule has 0 amide bonds. The van der Waals surface area contributed by atoms with E-state index in [2.05, 4.69) is 0 Å². The molecule has 10 atom stereocenters. The van der Waals surface area contributed by atoms with Crippen LogP contribution in [0.15, 0.2) is 34.7 Å². The van der Waals surface area contributed by atoms with Crippen LogP contribution in [0.1, 0.15) is 0 Å². The Morgan fingerprint density at radius 3 is 1.61 bits per heavy atom. The number of methoxy groups -OCH3 is 2. The molecule has 2 aromatic carbocycles. The highest BCUT2D eigenvalue weighted by Crippen LogP contribution is 2.46. The standard InChI is InChI=1S/C29H34O17/c1-40-15-3-10(4-16(41-2)20(15)33)27-17(44-29-26(39)24(37)22(35)19(9-31)46-29)7-12-13(42-27)5-11(32)6-14(12)43-28-25(38)23(36)21(34)18(8-30)45-28/h3-7,18-19,21-26,28-31,34-39H,8-9H2,1-2H3,(H-,32,33)/p+1. The molecule has 1 aromatic heterocycles. The summed E-state index contributed by atoms with van der Waals surface area (Å²) in [5, 5.41) is 102. The second kappa shape index (κ2) is 13.5. The molecule has 2 saturated heterocycles. The van der Waals surface area contributed by atoms with Gasteiger partial charge in [-0.25, -0.2) is 4.42 Å². The Morgan fingerprint density at radius 2 is 1.13 bits per heavy atom. The van der Waals surface area contributed by atoms with E-state index >= 15 is 0 Å². The monoisotopic (exact) mass is 655 g/mol. The van der Waals surface area contributed by atoms with Gasteiger partial charge in [0.05, 0.1) is 39.1 Å². The third-order valence-corrected chi connectivity index (χ3v) is 7.73. The summed E-state index contributed by atoms with van der Waals surface area (Å²) < 4.78 is 39.3. The summed E-state index contributed by atoms with van der Waals surface area (Å²) in [5.41, 5.74) is 0.120. The Hall–Kier alpha value is -3.75. The van der Waals surface area contributed by atoms with Gasteiger partial charge in [-0.2, -0.15) is 0 Å². The lowest BCUT2D eigenvalue weighted by Crippen LogP contribution is -2.60. The molecule has 3 aromatic rings. The van der Waals surface area contributed by atoms with E-state index in [4.69, 9.17) is 32.8 Å². The largest absolute Gasteiger partial charge is 0.507 e. The number of aromatic hydroxyl groups is 2. The Kier molecular flexibility index (Phi) is 9.89. The fourth-order valence-corrected chi connectivity index (χ4v) is 5.16. The molecular weight excluding hydrogens is 620 g/mol. The zero-order valence-corrected chi connectivity index (χ0v) is 24.4. The van der Waals surface area contributed by atoms with Crippen LogP contribution in [0, 0.1) is 0 Å². The first kappa shape index (κ1) is 33.6. The first-order chi connectivity index (χ1) is 21.9. The predicted octanol–water partition coefficient (Wildman–Crippen LogP) is -1.83. The maximum Gasteiger partial charge on any atom is 0.402 e. The molecular formula is C29H35O17+. The van der Waals surface area contributed by atoms with Gasteiger partial charge < -0.3 is 79.5 Å². The van der Waals surface area contributed by atoms with Crippen molar-refractivity contribution in [1.29, 1.82) is 0 Å². The van der Waals surface area contributed by atoms with E-state index in [1.165, 1.54) is 38.5 Å². The van der Waals surface area contributed by atoms with Crippen LogP contribution in [0.2, 0.25) is 0 Å². The predicted molar refractivity (Wildman–Crippen MR) is 151 cm³/mol. The molecule has 0 bridgehead atoms. The number of phenolic OH excluding ortho intramolecular Hbond substituents is 2. The quantitative estimate of drug-likeness (QED) is 0.114. The molecule has 252 valence electrons. The number of aliphatic hydroxyl groups excluding tert-OH is 8. The third kappa shape index (κ3) is 6.17. The zero-order chi connectivity index (χ0) is 33.4. The van der Waals surface area contributed by atoms with Gasteiger partial charge >= 0.3 is 11.3 Å². The minimum atomic E-state index is -1.82. The van der Waals surface area contributed by atoms with Crippen LogP contribution in [-0.2, 0) is 9.47 Å². The van der Waals surface area contributed by atoms with Crippen molar-refractivity contribution in [3.05, 3.63) is 30.3 Å². The van der Waals surface area contributed by atoms with Gasteiger partial charge in [-0.1, -0.05) is 0 Å². The van der Waals surface area contributed by atoms with E-state index in [1.54, 1.807) is 0 Å². The van der Waals surface area contributed by atoms with Gasteiger partial charge in [0.1, 0.15) is 65.7 Å². The minimum Gasteiger partial charge on any atom is -0.507 e. The topological polar surface area (TPSA) is 269 Å². The van der Waals surface area contributed by atoms with Crippen molar-refractivity contribution in [3.8, 4) is 45.8 Å². The number of ether oxygens (including phenoxy) is 6. The normalized spacial score (nSPS) is 31.4. The summed E-state index contributed by atoms with van der Waals surface area (Å²) in [6.45, 7) is -1.45. The molecule has 17 heteroatoms. The van der Waals surface area contributed by atoms with Crippen LogP contribution in [-0.4, -0.2) is 140 Å². The average Bonchev–Trinajstić information content (AvgIpc) is 3.05. The second-order valence-corrected chi connectivity index (χ2v) is 10.7. The summed E-state index contributed by atoms with van der Waals surface area (Å²) in [4.78, 5) is 0. The van der Waals surface area contributed by atoms with Gasteiger partial charge in [-0.15, -0.1) is 0 Å². The van der Waals surface area contributed by atoms with Crippen molar-refractivity contribution in [2.75, 3.05) is 27.4 Å². The number of benzene rings is 2. The highest BCUT2D eigenvalue weighted by Gasteiger charge is 2.47. The summed E-state index contributed by atoms with van der Waals surface area (Å²) >= 11 is 0. The van der Waals surface area contributed by atoms with E-state index in [9.17, 15) is 51.1 Å². The molecule has 0 radical (unpaired) electrons. The molecule has 0 aliphatic carbocycles. The number of phenols is 2. The molecule has 2 aliphatic heterocycles. The van der Waals surface area contributed by atoms with Gasteiger partial charge in [-0.05, 0) is 0 Å². The highest BCUT2D eigenvalue weighted by molar-refractivity contribution is 5.89.